The molecule has 2 aliphatic rings. The number of fused-ring (bicyclic) bond motifs is 2. The lowest BCUT2D eigenvalue weighted by molar-refractivity contribution is -0.146. The first kappa shape index (κ1) is 24.4. The van der Waals surface area contributed by atoms with Gasteiger partial charge in [0.25, 0.3) is 0 Å². The predicted octanol–water partition coefficient (Wildman–Crippen LogP) is 4.00. The molecule has 0 radical (unpaired) electrons. The minimum atomic E-state index is -4.53. The van der Waals surface area contributed by atoms with Crippen molar-refractivity contribution in [3.63, 3.8) is 0 Å². The smallest absolute Gasteiger partial charge is 0.416 e. The first-order valence-electron chi connectivity index (χ1n) is 11.0. The highest BCUT2D eigenvalue weighted by molar-refractivity contribution is 6.04. The number of carbonyl (C=O) groups excluding carboxylic acids is 2. The molecule has 0 N–H and O–H groups in total. The van der Waals surface area contributed by atoms with E-state index in [-0.39, 0.29) is 23.8 Å². The molecule has 2 heterocycles. The van der Waals surface area contributed by atoms with Gasteiger partial charge in [0.05, 0.1) is 25.3 Å². The average Bonchev–Trinajstić information content (AvgIpc) is 3.17. The van der Waals surface area contributed by atoms with Crippen LogP contribution in [0.3, 0.4) is 0 Å². The summed E-state index contributed by atoms with van der Waals surface area (Å²) in [4.78, 5) is 32.1. The van der Waals surface area contributed by atoms with Crippen LogP contribution in [0.15, 0.2) is 41.4 Å². The number of amides is 1. The molecule has 0 atom stereocenters. The largest absolute Gasteiger partial charge is 0.497 e. The lowest BCUT2D eigenvalue weighted by Gasteiger charge is -2.25. The van der Waals surface area contributed by atoms with E-state index >= 15 is 0 Å². The van der Waals surface area contributed by atoms with Gasteiger partial charge in [0.2, 0.25) is 5.91 Å². The van der Waals surface area contributed by atoms with Crippen molar-refractivity contribution in [3.05, 3.63) is 47.5 Å². The zero-order valence-electron chi connectivity index (χ0n) is 19.2. The van der Waals surface area contributed by atoms with Gasteiger partial charge in [0.15, 0.2) is 5.75 Å². The third-order valence-electron chi connectivity index (χ3n) is 5.83. The SMILES string of the molecule is COC(=O)CC(=O)N1CCCN(C2=Nc3cc(C(F)(F)F)ccc3Oc3ccc(OC)cc32)CC1. The normalized spacial score (nSPS) is 15.6. The van der Waals surface area contributed by atoms with E-state index in [1.54, 1.807) is 23.1 Å². The highest BCUT2D eigenvalue weighted by Gasteiger charge is 2.33. The average molecular weight is 491 g/mol. The number of esters is 1. The monoisotopic (exact) mass is 491 g/mol. The van der Waals surface area contributed by atoms with E-state index in [4.69, 9.17) is 9.47 Å². The van der Waals surface area contributed by atoms with Gasteiger partial charge in [0, 0.05) is 26.2 Å². The van der Waals surface area contributed by atoms with Crippen LogP contribution in [0.1, 0.15) is 24.0 Å². The van der Waals surface area contributed by atoms with Gasteiger partial charge in [-0.05, 0) is 42.8 Å². The molecule has 0 aliphatic carbocycles. The Kier molecular flexibility index (Phi) is 6.86. The summed E-state index contributed by atoms with van der Waals surface area (Å²) in [6.07, 6.45) is -4.31. The van der Waals surface area contributed by atoms with Crippen LogP contribution in [-0.2, 0) is 20.5 Å². The van der Waals surface area contributed by atoms with Gasteiger partial charge < -0.3 is 24.0 Å². The molecule has 0 unspecified atom stereocenters. The van der Waals surface area contributed by atoms with E-state index in [0.717, 1.165) is 12.1 Å². The molecular weight excluding hydrogens is 467 g/mol. The first-order chi connectivity index (χ1) is 16.7. The van der Waals surface area contributed by atoms with Crippen molar-refractivity contribution in [2.75, 3.05) is 40.4 Å². The van der Waals surface area contributed by atoms with Gasteiger partial charge in [-0.1, -0.05) is 0 Å². The zero-order valence-corrected chi connectivity index (χ0v) is 19.2. The van der Waals surface area contributed by atoms with E-state index in [0.29, 0.717) is 55.5 Å². The van der Waals surface area contributed by atoms with Gasteiger partial charge in [-0.25, -0.2) is 4.99 Å². The van der Waals surface area contributed by atoms with Crippen LogP contribution >= 0.6 is 0 Å². The van der Waals surface area contributed by atoms with Crippen LogP contribution in [0, 0.1) is 0 Å². The van der Waals surface area contributed by atoms with Crippen LogP contribution in [0.5, 0.6) is 17.2 Å². The Morgan fingerprint density at radius 3 is 2.51 bits per heavy atom. The maximum absolute atomic E-state index is 13.4. The van der Waals surface area contributed by atoms with E-state index in [1.807, 2.05) is 4.90 Å². The molecule has 1 fully saturated rings. The highest BCUT2D eigenvalue weighted by Crippen LogP contribution is 2.42. The summed E-state index contributed by atoms with van der Waals surface area (Å²) in [6, 6.07) is 8.27. The molecule has 2 aliphatic heterocycles. The number of alkyl halides is 3. The number of hydrogen-bond acceptors (Lipinski definition) is 7. The molecule has 2 aromatic rings. The molecule has 8 nitrogen and oxygen atoms in total. The second-order valence-electron chi connectivity index (χ2n) is 8.05. The molecule has 1 amide bonds. The molecule has 35 heavy (non-hydrogen) atoms. The minimum absolute atomic E-state index is 0.0489. The van der Waals surface area contributed by atoms with Crippen LogP contribution < -0.4 is 9.47 Å². The van der Waals surface area contributed by atoms with Crippen molar-refractivity contribution in [1.82, 2.24) is 9.80 Å². The quantitative estimate of drug-likeness (QED) is 0.477. The predicted molar refractivity (Wildman–Crippen MR) is 120 cm³/mol. The first-order valence-corrected chi connectivity index (χ1v) is 11.0. The van der Waals surface area contributed by atoms with Crippen LogP contribution in [-0.4, -0.2) is 67.9 Å². The van der Waals surface area contributed by atoms with Crippen LogP contribution in [0.4, 0.5) is 18.9 Å². The summed E-state index contributed by atoms with van der Waals surface area (Å²) in [5, 5.41) is 0. The number of halogens is 3. The third-order valence-corrected chi connectivity index (χ3v) is 5.83. The standard InChI is InChI=1S/C24H24F3N3O5/c1-33-16-5-7-19-17(13-16)23(28-18-12-15(24(25,26)27)4-6-20(18)35-19)30-9-3-8-29(10-11-30)21(31)14-22(32)34-2/h4-7,12-13H,3,8-11,14H2,1-2H3. The summed E-state index contributed by atoms with van der Waals surface area (Å²) in [5.41, 5.74) is -0.224. The highest BCUT2D eigenvalue weighted by atomic mass is 19.4. The van der Waals surface area contributed by atoms with Gasteiger partial charge in [-0.2, -0.15) is 13.2 Å². The zero-order chi connectivity index (χ0) is 25.2. The number of ether oxygens (including phenoxy) is 3. The lowest BCUT2D eigenvalue weighted by atomic mass is 10.1. The summed E-state index contributed by atoms with van der Waals surface area (Å²) in [5.74, 6) is 0.618. The lowest BCUT2D eigenvalue weighted by Crippen LogP contribution is -2.38. The molecule has 1 saturated heterocycles. The molecule has 4 rings (SSSR count). The second-order valence-corrected chi connectivity index (χ2v) is 8.05. The van der Waals surface area contributed by atoms with E-state index in [2.05, 4.69) is 9.73 Å². The van der Waals surface area contributed by atoms with Gasteiger partial charge in [-0.3, -0.25) is 9.59 Å². The Bertz CT molecular complexity index is 1170. The van der Waals surface area contributed by atoms with E-state index in [1.165, 1.54) is 20.3 Å². The van der Waals surface area contributed by atoms with Crippen molar-refractivity contribution < 1.29 is 37.0 Å². The van der Waals surface area contributed by atoms with E-state index in [9.17, 15) is 22.8 Å². The summed E-state index contributed by atoms with van der Waals surface area (Å²) in [6.45, 7) is 1.59. The van der Waals surface area contributed by atoms with Gasteiger partial charge in [0.1, 0.15) is 29.4 Å². The molecule has 11 heteroatoms. The molecule has 0 saturated carbocycles. The number of amidine groups is 1. The molecule has 0 spiro atoms. The molecule has 2 aromatic carbocycles. The number of hydrogen-bond donors (Lipinski definition) is 0. The maximum atomic E-state index is 13.4. The Morgan fingerprint density at radius 1 is 1.03 bits per heavy atom. The summed E-state index contributed by atoms with van der Waals surface area (Å²) >= 11 is 0. The Balaban J connectivity index is 1.71. The number of benzene rings is 2. The van der Waals surface area contributed by atoms with Crippen LogP contribution in [0.2, 0.25) is 0 Å². The van der Waals surface area contributed by atoms with Crippen molar-refractivity contribution in [2.45, 2.75) is 19.0 Å². The summed E-state index contributed by atoms with van der Waals surface area (Å²) in [7, 11) is 2.73. The summed E-state index contributed by atoms with van der Waals surface area (Å²) < 4.78 is 56.0. The second kappa shape index (κ2) is 9.85. The van der Waals surface area contributed by atoms with Crippen molar-refractivity contribution in [1.29, 1.82) is 0 Å². The molecule has 0 aromatic heterocycles. The molecule has 186 valence electrons. The molecular formula is C24H24F3N3O5. The topological polar surface area (TPSA) is 80.7 Å². The fourth-order valence-electron chi connectivity index (χ4n) is 3.99. The van der Waals surface area contributed by atoms with Gasteiger partial charge in [-0.15, -0.1) is 0 Å². The Labute approximate surface area is 199 Å². The van der Waals surface area contributed by atoms with E-state index < -0.39 is 17.7 Å². The minimum Gasteiger partial charge on any atom is -0.497 e. The van der Waals surface area contributed by atoms with Crippen LogP contribution in [0.25, 0.3) is 0 Å². The van der Waals surface area contributed by atoms with Crippen molar-refractivity contribution in [3.8, 4) is 17.2 Å². The van der Waals surface area contributed by atoms with Crippen molar-refractivity contribution in [2.24, 2.45) is 4.99 Å². The van der Waals surface area contributed by atoms with Gasteiger partial charge >= 0.3 is 12.1 Å². The fourth-order valence-corrected chi connectivity index (χ4v) is 3.99. The number of rotatable bonds is 3. The Hall–Kier alpha value is -3.76. The number of aliphatic imine (C=N–C) groups is 1. The van der Waals surface area contributed by atoms with Crippen molar-refractivity contribution >= 4 is 23.4 Å². The third kappa shape index (κ3) is 5.33. The number of carbonyl (C=O) groups is 2. The fraction of sp³-hybridized carbons (Fsp3) is 0.375. The number of nitrogens with zero attached hydrogens (tertiary/aromatic N) is 3. The number of methoxy groups -OCH3 is 2. The maximum Gasteiger partial charge on any atom is 0.416 e. The molecule has 0 bridgehead atoms. The Morgan fingerprint density at radius 2 is 1.80 bits per heavy atom.